The maximum atomic E-state index is 9.01. The quantitative estimate of drug-likeness (QED) is 0.799. The van der Waals surface area contributed by atoms with Crippen molar-refractivity contribution in [3.8, 4) is 6.07 Å². The molecule has 2 aromatic heterocycles. The van der Waals surface area contributed by atoms with E-state index < -0.39 is 0 Å². The largest absolute Gasteiger partial charge is 0.379 e. The van der Waals surface area contributed by atoms with E-state index in [0.29, 0.717) is 12.1 Å². The minimum absolute atomic E-state index is 0.671. The molecule has 0 fully saturated rings. The zero-order valence-electron chi connectivity index (χ0n) is 12.3. The molecule has 1 N–H and O–H groups in total. The molecule has 0 aliphatic rings. The van der Waals surface area contributed by atoms with Gasteiger partial charge >= 0.3 is 0 Å². The standard InChI is InChI=1S/C16H16N4S/c1-10-4-5-13(7-17)6-14(10)18-8-15-12(3)19-16-20(15)11(2)9-21-16/h4-6,9,18H,8H2,1-3H3. The monoisotopic (exact) mass is 296 g/mol. The van der Waals surface area contributed by atoms with E-state index in [0.717, 1.165) is 21.9 Å². The lowest BCUT2D eigenvalue weighted by Crippen LogP contribution is -2.06. The second-order valence-corrected chi connectivity index (χ2v) is 5.97. The van der Waals surface area contributed by atoms with Gasteiger partial charge < -0.3 is 5.32 Å². The molecule has 0 aliphatic heterocycles. The van der Waals surface area contributed by atoms with Gasteiger partial charge in [-0.3, -0.25) is 4.40 Å². The fourth-order valence-corrected chi connectivity index (χ4v) is 3.37. The van der Waals surface area contributed by atoms with Gasteiger partial charge in [-0.25, -0.2) is 4.98 Å². The number of aryl methyl sites for hydroxylation is 3. The Bertz CT molecular complexity index is 851. The van der Waals surface area contributed by atoms with Crippen LogP contribution >= 0.6 is 11.3 Å². The Morgan fingerprint density at radius 1 is 1.33 bits per heavy atom. The highest BCUT2D eigenvalue weighted by molar-refractivity contribution is 7.15. The van der Waals surface area contributed by atoms with Crippen molar-refractivity contribution in [3.63, 3.8) is 0 Å². The number of nitrogens with zero attached hydrogens (tertiary/aromatic N) is 3. The number of aromatic nitrogens is 2. The van der Waals surface area contributed by atoms with Crippen molar-refractivity contribution in [1.29, 1.82) is 5.26 Å². The van der Waals surface area contributed by atoms with Crippen LogP contribution in [-0.4, -0.2) is 9.38 Å². The Morgan fingerprint density at radius 3 is 2.90 bits per heavy atom. The van der Waals surface area contributed by atoms with Crippen molar-refractivity contribution in [2.45, 2.75) is 27.3 Å². The first-order valence-corrected chi connectivity index (χ1v) is 7.64. The molecular formula is C16H16N4S. The molecule has 0 bridgehead atoms. The summed E-state index contributed by atoms with van der Waals surface area (Å²) in [4.78, 5) is 5.62. The maximum Gasteiger partial charge on any atom is 0.194 e. The van der Waals surface area contributed by atoms with E-state index in [1.807, 2.05) is 32.0 Å². The molecule has 0 saturated carbocycles. The number of nitrogens with one attached hydrogen (secondary N) is 1. The van der Waals surface area contributed by atoms with Crippen molar-refractivity contribution in [2.75, 3.05) is 5.32 Å². The SMILES string of the molecule is Cc1ccc(C#N)cc1NCc1c(C)nc2scc(C)n12. The van der Waals surface area contributed by atoms with Crippen LogP contribution in [0.2, 0.25) is 0 Å². The lowest BCUT2D eigenvalue weighted by Gasteiger charge is -2.10. The van der Waals surface area contributed by atoms with E-state index in [4.69, 9.17) is 5.26 Å². The molecule has 4 nitrogen and oxygen atoms in total. The molecule has 3 rings (SSSR count). The summed E-state index contributed by atoms with van der Waals surface area (Å²) in [6, 6.07) is 7.88. The number of fused-ring (bicyclic) bond motifs is 1. The van der Waals surface area contributed by atoms with Gasteiger partial charge in [-0.2, -0.15) is 5.26 Å². The molecule has 0 atom stereocenters. The molecule has 5 heteroatoms. The Labute approximate surface area is 127 Å². The summed E-state index contributed by atoms with van der Waals surface area (Å²) in [5.74, 6) is 0. The second kappa shape index (κ2) is 5.23. The summed E-state index contributed by atoms with van der Waals surface area (Å²) in [7, 11) is 0. The predicted octanol–water partition coefficient (Wildman–Crippen LogP) is 3.80. The summed E-state index contributed by atoms with van der Waals surface area (Å²) in [5.41, 5.74) is 6.22. The molecule has 0 aliphatic carbocycles. The van der Waals surface area contributed by atoms with Gasteiger partial charge in [0.2, 0.25) is 0 Å². The van der Waals surface area contributed by atoms with E-state index in [2.05, 4.69) is 33.1 Å². The van der Waals surface area contributed by atoms with Crippen LogP contribution in [0.3, 0.4) is 0 Å². The molecule has 1 aromatic carbocycles. The first kappa shape index (κ1) is 13.7. The van der Waals surface area contributed by atoms with Crippen LogP contribution in [0.1, 0.15) is 28.2 Å². The Kier molecular flexibility index (Phi) is 3.40. The number of imidazole rings is 1. The third-order valence-electron chi connectivity index (χ3n) is 3.64. The Hall–Kier alpha value is -2.32. The van der Waals surface area contributed by atoms with Crippen LogP contribution in [0.4, 0.5) is 5.69 Å². The topological polar surface area (TPSA) is 53.1 Å². The number of hydrogen-bond donors (Lipinski definition) is 1. The first-order valence-electron chi connectivity index (χ1n) is 6.77. The molecule has 0 spiro atoms. The normalized spacial score (nSPS) is 10.8. The zero-order chi connectivity index (χ0) is 15.0. The summed E-state index contributed by atoms with van der Waals surface area (Å²) < 4.78 is 2.19. The van der Waals surface area contributed by atoms with Crippen molar-refractivity contribution < 1.29 is 0 Å². The summed E-state index contributed by atoms with van der Waals surface area (Å²) in [5, 5.41) is 14.6. The van der Waals surface area contributed by atoms with Gasteiger partial charge in [0.15, 0.2) is 4.96 Å². The highest BCUT2D eigenvalue weighted by atomic mass is 32.1. The van der Waals surface area contributed by atoms with Crippen LogP contribution < -0.4 is 5.32 Å². The zero-order valence-corrected chi connectivity index (χ0v) is 13.1. The van der Waals surface area contributed by atoms with Gasteiger partial charge in [-0.1, -0.05) is 6.07 Å². The number of thiazole rings is 1. The van der Waals surface area contributed by atoms with E-state index >= 15 is 0 Å². The van der Waals surface area contributed by atoms with Gasteiger partial charge in [-0.05, 0) is 38.5 Å². The number of rotatable bonds is 3. The van der Waals surface area contributed by atoms with Crippen molar-refractivity contribution >= 4 is 22.0 Å². The molecule has 106 valence electrons. The maximum absolute atomic E-state index is 9.01. The van der Waals surface area contributed by atoms with Crippen LogP contribution in [0.5, 0.6) is 0 Å². The van der Waals surface area contributed by atoms with Gasteiger partial charge in [0, 0.05) is 16.8 Å². The minimum atomic E-state index is 0.671. The first-order chi connectivity index (χ1) is 10.1. The number of benzene rings is 1. The highest BCUT2D eigenvalue weighted by Gasteiger charge is 2.12. The van der Waals surface area contributed by atoms with Gasteiger partial charge in [-0.15, -0.1) is 11.3 Å². The second-order valence-electron chi connectivity index (χ2n) is 5.13. The Morgan fingerprint density at radius 2 is 2.14 bits per heavy atom. The van der Waals surface area contributed by atoms with Crippen LogP contribution in [0.25, 0.3) is 4.96 Å². The fraction of sp³-hybridized carbons (Fsp3) is 0.250. The van der Waals surface area contributed by atoms with E-state index in [1.54, 1.807) is 11.3 Å². The Balaban J connectivity index is 1.92. The molecule has 0 amide bonds. The summed E-state index contributed by atoms with van der Waals surface area (Å²) >= 11 is 1.66. The smallest absolute Gasteiger partial charge is 0.194 e. The molecule has 0 saturated heterocycles. The molecule has 0 unspecified atom stereocenters. The third kappa shape index (κ3) is 2.39. The summed E-state index contributed by atoms with van der Waals surface area (Å²) in [6.07, 6.45) is 0. The average molecular weight is 296 g/mol. The molecule has 2 heterocycles. The van der Waals surface area contributed by atoms with E-state index in [1.165, 1.54) is 11.4 Å². The van der Waals surface area contributed by atoms with Gasteiger partial charge in [0.25, 0.3) is 0 Å². The third-order valence-corrected chi connectivity index (χ3v) is 4.59. The molecular weight excluding hydrogens is 280 g/mol. The fourth-order valence-electron chi connectivity index (χ4n) is 2.44. The van der Waals surface area contributed by atoms with Crippen molar-refractivity contribution in [3.05, 3.63) is 51.8 Å². The molecule has 21 heavy (non-hydrogen) atoms. The lowest BCUT2D eigenvalue weighted by molar-refractivity contribution is 0.965. The lowest BCUT2D eigenvalue weighted by atomic mass is 10.1. The van der Waals surface area contributed by atoms with Crippen molar-refractivity contribution in [2.24, 2.45) is 0 Å². The minimum Gasteiger partial charge on any atom is -0.379 e. The predicted molar refractivity (Wildman–Crippen MR) is 85.8 cm³/mol. The highest BCUT2D eigenvalue weighted by Crippen LogP contribution is 2.22. The number of hydrogen-bond acceptors (Lipinski definition) is 4. The summed E-state index contributed by atoms with van der Waals surface area (Å²) in [6.45, 7) is 6.86. The van der Waals surface area contributed by atoms with Crippen molar-refractivity contribution in [1.82, 2.24) is 9.38 Å². The molecule has 3 aromatic rings. The van der Waals surface area contributed by atoms with Crippen LogP contribution in [-0.2, 0) is 6.54 Å². The van der Waals surface area contributed by atoms with Gasteiger partial charge in [0.1, 0.15) is 0 Å². The average Bonchev–Trinajstić information content (AvgIpc) is 2.98. The van der Waals surface area contributed by atoms with E-state index in [9.17, 15) is 0 Å². The van der Waals surface area contributed by atoms with E-state index in [-0.39, 0.29) is 0 Å². The molecule has 0 radical (unpaired) electrons. The van der Waals surface area contributed by atoms with Gasteiger partial charge in [0.05, 0.1) is 29.6 Å². The van der Waals surface area contributed by atoms with Crippen LogP contribution in [0.15, 0.2) is 23.6 Å². The van der Waals surface area contributed by atoms with Crippen LogP contribution in [0, 0.1) is 32.1 Å². The number of anilines is 1. The number of nitriles is 1.